The van der Waals surface area contributed by atoms with E-state index in [4.69, 9.17) is 5.73 Å². The van der Waals surface area contributed by atoms with Crippen molar-refractivity contribution in [2.45, 2.75) is 25.3 Å². The fourth-order valence-electron chi connectivity index (χ4n) is 2.00. The summed E-state index contributed by atoms with van der Waals surface area (Å²) in [6.07, 6.45) is 5.08. The molecule has 0 amide bonds. The van der Waals surface area contributed by atoms with Gasteiger partial charge in [0, 0.05) is 31.3 Å². The third kappa shape index (κ3) is 4.30. The van der Waals surface area contributed by atoms with Gasteiger partial charge in [0.1, 0.15) is 5.78 Å². The van der Waals surface area contributed by atoms with Crippen LogP contribution < -0.4 is 5.73 Å². The molecule has 19 heavy (non-hydrogen) atoms. The van der Waals surface area contributed by atoms with Gasteiger partial charge in [0.25, 0.3) is 0 Å². The van der Waals surface area contributed by atoms with Crippen molar-refractivity contribution in [2.24, 2.45) is 5.73 Å². The smallest absolute Gasteiger partial charge is 0.137 e. The molecular formula is C16H18N2O. The standard InChI is InChI=1S/C16H18N2O/c17-16(14-4-2-1-3-5-14)7-6-15(19)12-13-8-10-18-11-9-13/h1-5,8-11,16H,6-7,12,17H2. The van der Waals surface area contributed by atoms with Gasteiger partial charge in [-0.15, -0.1) is 0 Å². The monoisotopic (exact) mass is 254 g/mol. The molecule has 2 N–H and O–H groups in total. The Hall–Kier alpha value is -2.00. The van der Waals surface area contributed by atoms with Gasteiger partial charge in [-0.2, -0.15) is 0 Å². The van der Waals surface area contributed by atoms with Crippen LogP contribution in [0, 0.1) is 0 Å². The molecule has 3 nitrogen and oxygen atoms in total. The minimum Gasteiger partial charge on any atom is -0.324 e. The molecule has 3 heteroatoms. The van der Waals surface area contributed by atoms with Crippen molar-refractivity contribution in [2.75, 3.05) is 0 Å². The predicted molar refractivity (Wildman–Crippen MR) is 75.6 cm³/mol. The van der Waals surface area contributed by atoms with E-state index in [9.17, 15) is 4.79 Å². The lowest BCUT2D eigenvalue weighted by Crippen LogP contribution is -2.13. The predicted octanol–water partition coefficient (Wildman–Crippen LogP) is 2.67. The second kappa shape index (κ2) is 6.81. The van der Waals surface area contributed by atoms with Crippen LogP contribution in [-0.4, -0.2) is 10.8 Å². The van der Waals surface area contributed by atoms with Gasteiger partial charge in [0.05, 0.1) is 0 Å². The number of Topliss-reactive ketones (excluding diaryl/α,β-unsaturated/α-hetero) is 1. The number of benzene rings is 1. The van der Waals surface area contributed by atoms with Gasteiger partial charge in [0.2, 0.25) is 0 Å². The molecule has 1 aromatic carbocycles. The highest BCUT2D eigenvalue weighted by molar-refractivity contribution is 5.80. The Balaban J connectivity index is 1.81. The highest BCUT2D eigenvalue weighted by atomic mass is 16.1. The van der Waals surface area contributed by atoms with Gasteiger partial charge in [-0.05, 0) is 29.7 Å². The van der Waals surface area contributed by atoms with Crippen molar-refractivity contribution in [1.29, 1.82) is 0 Å². The number of carbonyl (C=O) groups excluding carboxylic acids is 1. The third-order valence-corrected chi connectivity index (χ3v) is 3.11. The van der Waals surface area contributed by atoms with Crippen LogP contribution in [0.4, 0.5) is 0 Å². The highest BCUT2D eigenvalue weighted by Crippen LogP contribution is 2.15. The van der Waals surface area contributed by atoms with Crippen molar-refractivity contribution >= 4 is 5.78 Å². The largest absolute Gasteiger partial charge is 0.324 e. The maximum Gasteiger partial charge on any atom is 0.137 e. The molecule has 0 aliphatic rings. The van der Waals surface area contributed by atoms with Crippen LogP contribution >= 0.6 is 0 Å². The molecule has 0 aliphatic carbocycles. The Morgan fingerprint density at radius 2 is 1.79 bits per heavy atom. The molecular weight excluding hydrogens is 236 g/mol. The van der Waals surface area contributed by atoms with E-state index >= 15 is 0 Å². The summed E-state index contributed by atoms with van der Waals surface area (Å²) in [5, 5.41) is 0. The number of rotatable bonds is 6. The average molecular weight is 254 g/mol. The minimum absolute atomic E-state index is 0.0670. The lowest BCUT2D eigenvalue weighted by Gasteiger charge is -2.11. The van der Waals surface area contributed by atoms with Crippen molar-refractivity contribution in [1.82, 2.24) is 4.98 Å². The molecule has 0 radical (unpaired) electrons. The summed E-state index contributed by atoms with van der Waals surface area (Å²) in [7, 11) is 0. The Bertz CT molecular complexity index is 511. The Morgan fingerprint density at radius 3 is 2.47 bits per heavy atom. The van der Waals surface area contributed by atoms with E-state index in [0.29, 0.717) is 19.3 Å². The molecule has 0 fully saturated rings. The summed E-state index contributed by atoms with van der Waals surface area (Å²) in [5.41, 5.74) is 8.16. The van der Waals surface area contributed by atoms with Gasteiger partial charge in [-0.3, -0.25) is 9.78 Å². The number of nitrogens with two attached hydrogens (primary N) is 1. The molecule has 1 atom stereocenters. The number of hydrogen-bond donors (Lipinski definition) is 1. The molecule has 0 saturated heterocycles. The second-order valence-corrected chi connectivity index (χ2v) is 4.63. The van der Waals surface area contributed by atoms with Gasteiger partial charge in [0.15, 0.2) is 0 Å². The Morgan fingerprint density at radius 1 is 1.11 bits per heavy atom. The van der Waals surface area contributed by atoms with E-state index in [0.717, 1.165) is 11.1 Å². The molecule has 0 saturated carbocycles. The lowest BCUT2D eigenvalue weighted by atomic mass is 9.99. The molecule has 0 spiro atoms. The molecule has 98 valence electrons. The van der Waals surface area contributed by atoms with E-state index in [1.54, 1.807) is 12.4 Å². The summed E-state index contributed by atoms with van der Waals surface area (Å²) >= 11 is 0. The molecule has 1 unspecified atom stereocenters. The van der Waals surface area contributed by atoms with Gasteiger partial charge >= 0.3 is 0 Å². The number of nitrogens with zero attached hydrogens (tertiary/aromatic N) is 1. The SMILES string of the molecule is NC(CCC(=O)Cc1ccncc1)c1ccccc1. The average Bonchev–Trinajstić information content (AvgIpc) is 2.47. The van der Waals surface area contributed by atoms with E-state index in [1.165, 1.54) is 0 Å². The lowest BCUT2D eigenvalue weighted by molar-refractivity contribution is -0.118. The van der Waals surface area contributed by atoms with Crippen LogP contribution in [0.2, 0.25) is 0 Å². The summed E-state index contributed by atoms with van der Waals surface area (Å²) in [4.78, 5) is 15.8. The number of hydrogen-bond acceptors (Lipinski definition) is 3. The first-order valence-corrected chi connectivity index (χ1v) is 6.47. The van der Waals surface area contributed by atoms with Crippen LogP contribution in [0.3, 0.4) is 0 Å². The van der Waals surface area contributed by atoms with Crippen molar-refractivity contribution in [3.05, 3.63) is 66.0 Å². The Labute approximate surface area is 113 Å². The molecule has 1 aromatic heterocycles. The maximum atomic E-state index is 11.9. The van der Waals surface area contributed by atoms with E-state index in [-0.39, 0.29) is 11.8 Å². The van der Waals surface area contributed by atoms with Crippen LogP contribution in [0.1, 0.15) is 30.0 Å². The first-order chi connectivity index (χ1) is 9.25. The van der Waals surface area contributed by atoms with E-state index in [1.807, 2.05) is 42.5 Å². The number of ketones is 1. The quantitative estimate of drug-likeness (QED) is 0.862. The maximum absolute atomic E-state index is 11.9. The summed E-state index contributed by atoms with van der Waals surface area (Å²) in [6, 6.07) is 13.6. The van der Waals surface area contributed by atoms with E-state index in [2.05, 4.69) is 4.98 Å². The van der Waals surface area contributed by atoms with Crippen molar-refractivity contribution < 1.29 is 4.79 Å². The molecule has 0 bridgehead atoms. The summed E-state index contributed by atoms with van der Waals surface area (Å²) in [6.45, 7) is 0. The van der Waals surface area contributed by atoms with E-state index < -0.39 is 0 Å². The number of carbonyl (C=O) groups is 1. The zero-order valence-corrected chi connectivity index (χ0v) is 10.8. The second-order valence-electron chi connectivity index (χ2n) is 4.63. The normalized spacial score (nSPS) is 12.1. The van der Waals surface area contributed by atoms with Crippen molar-refractivity contribution in [3.8, 4) is 0 Å². The zero-order valence-electron chi connectivity index (χ0n) is 10.8. The van der Waals surface area contributed by atoms with Gasteiger partial charge in [-0.1, -0.05) is 30.3 Å². The first kappa shape index (κ1) is 13.4. The highest BCUT2D eigenvalue weighted by Gasteiger charge is 2.09. The molecule has 2 rings (SSSR count). The summed E-state index contributed by atoms with van der Waals surface area (Å²) < 4.78 is 0. The van der Waals surface area contributed by atoms with Crippen LogP contribution in [0.25, 0.3) is 0 Å². The topological polar surface area (TPSA) is 56.0 Å². The van der Waals surface area contributed by atoms with Crippen LogP contribution in [0.5, 0.6) is 0 Å². The Kier molecular flexibility index (Phi) is 4.81. The molecule has 1 heterocycles. The van der Waals surface area contributed by atoms with Crippen molar-refractivity contribution in [3.63, 3.8) is 0 Å². The summed E-state index contributed by atoms with van der Waals surface area (Å²) in [5.74, 6) is 0.220. The van der Waals surface area contributed by atoms with Crippen LogP contribution in [-0.2, 0) is 11.2 Å². The minimum atomic E-state index is -0.0670. The van der Waals surface area contributed by atoms with Gasteiger partial charge < -0.3 is 5.73 Å². The molecule has 2 aromatic rings. The zero-order chi connectivity index (χ0) is 13.5. The fourth-order valence-corrected chi connectivity index (χ4v) is 2.00. The number of aromatic nitrogens is 1. The fraction of sp³-hybridized carbons (Fsp3) is 0.250. The molecule has 0 aliphatic heterocycles. The van der Waals surface area contributed by atoms with Gasteiger partial charge in [-0.25, -0.2) is 0 Å². The third-order valence-electron chi connectivity index (χ3n) is 3.11. The first-order valence-electron chi connectivity index (χ1n) is 6.47. The van der Waals surface area contributed by atoms with Crippen LogP contribution in [0.15, 0.2) is 54.9 Å². The number of pyridine rings is 1.